The van der Waals surface area contributed by atoms with Crippen molar-refractivity contribution in [3.8, 4) is 0 Å². The van der Waals surface area contributed by atoms with Gasteiger partial charge in [0.15, 0.2) is 5.82 Å². The monoisotopic (exact) mass is 440 g/mol. The maximum absolute atomic E-state index is 12.5. The van der Waals surface area contributed by atoms with Crippen LogP contribution in [0.1, 0.15) is 30.7 Å². The van der Waals surface area contributed by atoms with E-state index in [9.17, 15) is 4.79 Å². The second-order valence-electron chi connectivity index (χ2n) is 8.01. The summed E-state index contributed by atoms with van der Waals surface area (Å²) in [6, 6.07) is 3.47. The zero-order valence-corrected chi connectivity index (χ0v) is 18.7. The lowest BCUT2D eigenvalue weighted by Gasteiger charge is -2.36. The third-order valence-electron chi connectivity index (χ3n) is 5.24. The highest BCUT2D eigenvalue weighted by molar-refractivity contribution is 6.29. The van der Waals surface area contributed by atoms with Crippen molar-refractivity contribution < 1.29 is 4.79 Å². The number of anilines is 3. The van der Waals surface area contributed by atoms with E-state index in [1.54, 1.807) is 6.20 Å². The molecule has 3 aromatic heterocycles. The Morgan fingerprint density at radius 2 is 2.10 bits per heavy atom. The number of hydrogen-bond acceptors (Lipinski definition) is 7. The molecule has 0 radical (unpaired) electrons. The van der Waals surface area contributed by atoms with Crippen LogP contribution >= 0.6 is 11.6 Å². The van der Waals surface area contributed by atoms with Crippen molar-refractivity contribution in [3.05, 3.63) is 52.7 Å². The van der Waals surface area contributed by atoms with E-state index in [4.69, 9.17) is 11.6 Å². The van der Waals surface area contributed by atoms with E-state index in [1.165, 1.54) is 0 Å². The molecule has 0 saturated carbocycles. The van der Waals surface area contributed by atoms with E-state index in [1.807, 2.05) is 61.9 Å². The van der Waals surface area contributed by atoms with Crippen molar-refractivity contribution in [2.24, 2.45) is 5.92 Å². The van der Waals surface area contributed by atoms with Gasteiger partial charge in [-0.15, -0.1) is 0 Å². The van der Waals surface area contributed by atoms with Gasteiger partial charge in [-0.1, -0.05) is 25.4 Å². The van der Waals surface area contributed by atoms with E-state index in [-0.39, 0.29) is 17.9 Å². The highest BCUT2D eigenvalue weighted by Gasteiger charge is 2.35. The molecule has 162 valence electrons. The molecule has 0 fully saturated rings. The maximum Gasteiger partial charge on any atom is 0.247 e. The minimum absolute atomic E-state index is 0.0275. The minimum Gasteiger partial charge on any atom is -0.350 e. The number of nitrogens with zero attached hydrogens (tertiary/aromatic N) is 6. The molecule has 1 amide bonds. The van der Waals surface area contributed by atoms with E-state index in [0.29, 0.717) is 29.9 Å². The molecule has 0 aliphatic carbocycles. The highest BCUT2D eigenvalue weighted by atomic mass is 35.5. The number of amides is 1. The van der Waals surface area contributed by atoms with Crippen LogP contribution in [0.2, 0.25) is 5.15 Å². The van der Waals surface area contributed by atoms with Crippen molar-refractivity contribution in [2.45, 2.75) is 39.9 Å². The second kappa shape index (κ2) is 8.50. The molecule has 0 saturated heterocycles. The van der Waals surface area contributed by atoms with E-state index in [0.717, 1.165) is 22.6 Å². The van der Waals surface area contributed by atoms with Crippen molar-refractivity contribution in [3.63, 3.8) is 0 Å². The zero-order chi connectivity index (χ0) is 22.1. The molecule has 0 spiro atoms. The Balaban J connectivity index is 1.47. The largest absolute Gasteiger partial charge is 0.350 e. The molecule has 1 aliphatic rings. The number of aromatic nitrogens is 5. The number of fused-ring (bicyclic) bond motifs is 1. The van der Waals surface area contributed by atoms with Gasteiger partial charge in [0.2, 0.25) is 11.9 Å². The van der Waals surface area contributed by atoms with Crippen LogP contribution in [0, 0.1) is 12.8 Å². The Morgan fingerprint density at radius 3 is 2.84 bits per heavy atom. The van der Waals surface area contributed by atoms with Gasteiger partial charge < -0.3 is 15.5 Å². The molecule has 4 heterocycles. The molecule has 0 bridgehead atoms. The van der Waals surface area contributed by atoms with Gasteiger partial charge in [-0.3, -0.25) is 9.48 Å². The first kappa shape index (κ1) is 21.0. The van der Waals surface area contributed by atoms with Gasteiger partial charge in [0, 0.05) is 31.5 Å². The Bertz CT molecular complexity index is 1110. The van der Waals surface area contributed by atoms with Crippen LogP contribution < -0.4 is 15.5 Å². The summed E-state index contributed by atoms with van der Waals surface area (Å²) in [6.45, 7) is 7.05. The summed E-state index contributed by atoms with van der Waals surface area (Å²) in [7, 11) is 1.90. The number of halogens is 1. The Morgan fingerprint density at radius 1 is 1.29 bits per heavy atom. The maximum atomic E-state index is 12.5. The Hall–Kier alpha value is -3.20. The van der Waals surface area contributed by atoms with E-state index < -0.39 is 0 Å². The quantitative estimate of drug-likeness (QED) is 0.568. The summed E-state index contributed by atoms with van der Waals surface area (Å²) >= 11 is 5.95. The number of likely N-dealkylation sites (N-methyl/N-ethyl adjacent to an activating group) is 1. The molecule has 0 aromatic carbocycles. The lowest BCUT2D eigenvalue weighted by atomic mass is 9.99. The van der Waals surface area contributed by atoms with Crippen molar-refractivity contribution in [1.82, 2.24) is 24.7 Å². The number of carbonyl (C=O) groups is 1. The molecule has 3 aromatic rings. The fourth-order valence-electron chi connectivity index (χ4n) is 3.79. The molecule has 1 aliphatic heterocycles. The molecule has 1 unspecified atom stereocenters. The Kier molecular flexibility index (Phi) is 5.77. The molecular formula is C21H25ClN8O. The normalized spacial score (nSPS) is 15.7. The standard InChI is InChI=1S/C21H25ClN8O/c1-12(2)18-20(31)27-17-13(3)26-21(28-19(17)29(18)4)24-8-15-9-25-30(11-15)10-14-5-6-23-16(22)7-14/h5-7,9,11-12,18H,8,10H2,1-4H3,(H,27,31)(H,24,26,28). The summed E-state index contributed by atoms with van der Waals surface area (Å²) in [5.74, 6) is 1.36. The van der Waals surface area contributed by atoms with Crippen LogP contribution in [0.5, 0.6) is 0 Å². The molecule has 1 atom stereocenters. The predicted octanol–water partition coefficient (Wildman–Crippen LogP) is 3.10. The first-order chi connectivity index (χ1) is 14.8. The van der Waals surface area contributed by atoms with Crippen LogP contribution in [0.15, 0.2) is 30.7 Å². The number of pyridine rings is 1. The molecule has 4 rings (SSSR count). The van der Waals surface area contributed by atoms with Crippen LogP contribution in [-0.2, 0) is 17.9 Å². The van der Waals surface area contributed by atoms with E-state index in [2.05, 4.69) is 30.7 Å². The first-order valence-corrected chi connectivity index (χ1v) is 10.5. The third kappa shape index (κ3) is 4.46. The van der Waals surface area contributed by atoms with Gasteiger partial charge in [0.1, 0.15) is 16.9 Å². The van der Waals surface area contributed by atoms with Gasteiger partial charge >= 0.3 is 0 Å². The van der Waals surface area contributed by atoms with Crippen LogP contribution in [0.4, 0.5) is 17.5 Å². The number of nitrogens with one attached hydrogen (secondary N) is 2. The third-order valence-corrected chi connectivity index (χ3v) is 5.45. The minimum atomic E-state index is -0.269. The lowest BCUT2D eigenvalue weighted by Crippen LogP contribution is -2.49. The molecular weight excluding hydrogens is 416 g/mol. The molecule has 31 heavy (non-hydrogen) atoms. The summed E-state index contributed by atoms with van der Waals surface area (Å²) in [5, 5.41) is 11.1. The predicted molar refractivity (Wildman–Crippen MR) is 120 cm³/mol. The van der Waals surface area contributed by atoms with Gasteiger partial charge in [-0.2, -0.15) is 10.1 Å². The summed E-state index contributed by atoms with van der Waals surface area (Å²) in [5.41, 5.74) is 3.42. The number of aryl methyl sites for hydroxylation is 1. The summed E-state index contributed by atoms with van der Waals surface area (Å²) < 4.78 is 1.85. The number of rotatable bonds is 6. The topological polar surface area (TPSA) is 101 Å². The van der Waals surface area contributed by atoms with Gasteiger partial charge in [0.25, 0.3) is 0 Å². The molecule has 9 nitrogen and oxygen atoms in total. The van der Waals surface area contributed by atoms with Crippen molar-refractivity contribution >= 4 is 35.0 Å². The number of carbonyl (C=O) groups excluding carboxylic acids is 1. The van der Waals surface area contributed by atoms with Crippen LogP contribution in [-0.4, -0.2) is 43.7 Å². The SMILES string of the molecule is Cc1nc(NCc2cnn(Cc3ccnc(Cl)c3)c2)nc2c1NC(=O)C(C(C)C)N2C. The average Bonchev–Trinajstić information content (AvgIpc) is 3.14. The summed E-state index contributed by atoms with van der Waals surface area (Å²) in [6.07, 6.45) is 5.46. The van der Waals surface area contributed by atoms with E-state index >= 15 is 0 Å². The van der Waals surface area contributed by atoms with Gasteiger partial charge in [0.05, 0.1) is 18.4 Å². The van der Waals surface area contributed by atoms with Gasteiger partial charge in [-0.25, -0.2) is 9.97 Å². The lowest BCUT2D eigenvalue weighted by molar-refractivity contribution is -0.118. The second-order valence-corrected chi connectivity index (χ2v) is 8.39. The Labute approximate surface area is 185 Å². The van der Waals surface area contributed by atoms with Crippen molar-refractivity contribution in [1.29, 1.82) is 0 Å². The fraction of sp³-hybridized carbons (Fsp3) is 0.381. The average molecular weight is 441 g/mol. The van der Waals surface area contributed by atoms with Crippen LogP contribution in [0.3, 0.4) is 0 Å². The van der Waals surface area contributed by atoms with Crippen molar-refractivity contribution in [2.75, 3.05) is 22.6 Å². The molecule has 2 N–H and O–H groups in total. The number of hydrogen-bond donors (Lipinski definition) is 2. The smallest absolute Gasteiger partial charge is 0.247 e. The summed E-state index contributed by atoms with van der Waals surface area (Å²) in [4.78, 5) is 27.6. The zero-order valence-electron chi connectivity index (χ0n) is 17.9. The van der Waals surface area contributed by atoms with Gasteiger partial charge in [-0.05, 0) is 30.5 Å². The fourth-order valence-corrected chi connectivity index (χ4v) is 3.98. The highest BCUT2D eigenvalue weighted by Crippen LogP contribution is 2.34. The molecule has 10 heteroatoms. The van der Waals surface area contributed by atoms with Crippen LogP contribution in [0.25, 0.3) is 0 Å². The first-order valence-electron chi connectivity index (χ1n) is 10.1.